The monoisotopic (exact) mass is 389 g/mol. The predicted molar refractivity (Wildman–Crippen MR) is 102 cm³/mol. The van der Waals surface area contributed by atoms with Gasteiger partial charge in [0.05, 0.1) is 6.04 Å². The number of benzene rings is 1. The fraction of sp³-hybridized carbons (Fsp3) is 0.294. The molecule has 1 saturated carbocycles. The lowest BCUT2D eigenvalue weighted by Gasteiger charge is -2.16. The largest absolute Gasteiger partial charge is 0.348 e. The van der Waals surface area contributed by atoms with Crippen molar-refractivity contribution in [3.63, 3.8) is 0 Å². The van der Waals surface area contributed by atoms with Gasteiger partial charge in [0, 0.05) is 27.7 Å². The maximum atomic E-state index is 6.26. The maximum Gasteiger partial charge on any atom is 0.233 e. The number of H-pyrrole nitrogens is 1. The van der Waals surface area contributed by atoms with Gasteiger partial charge in [0.25, 0.3) is 0 Å². The second-order valence-corrected chi connectivity index (χ2v) is 7.12. The summed E-state index contributed by atoms with van der Waals surface area (Å²) in [5.41, 5.74) is 2.05. The van der Waals surface area contributed by atoms with Crippen molar-refractivity contribution in [1.82, 2.24) is 25.1 Å². The van der Waals surface area contributed by atoms with Crippen LogP contribution in [0.4, 0.5) is 17.7 Å². The third kappa shape index (κ3) is 3.89. The summed E-state index contributed by atoms with van der Waals surface area (Å²) in [6.07, 6.45) is 3.88. The van der Waals surface area contributed by atoms with Crippen LogP contribution < -0.4 is 10.6 Å². The lowest BCUT2D eigenvalue weighted by atomic mass is 10.1. The first-order valence-corrected chi connectivity index (χ1v) is 9.07. The molecule has 7 nitrogen and oxygen atoms in total. The smallest absolute Gasteiger partial charge is 0.233 e. The number of rotatable bonds is 6. The molecule has 1 fully saturated rings. The fourth-order valence-corrected chi connectivity index (χ4v) is 3.24. The Kier molecular flexibility index (Phi) is 4.65. The highest BCUT2D eigenvalue weighted by Crippen LogP contribution is 2.39. The summed E-state index contributed by atoms with van der Waals surface area (Å²) in [6, 6.07) is 7.29. The Labute approximate surface area is 160 Å². The van der Waals surface area contributed by atoms with E-state index in [1.807, 2.05) is 19.1 Å². The van der Waals surface area contributed by atoms with Gasteiger partial charge in [-0.25, -0.2) is 9.97 Å². The van der Waals surface area contributed by atoms with Crippen LogP contribution in [0, 0.1) is 0 Å². The van der Waals surface area contributed by atoms with E-state index in [4.69, 9.17) is 23.2 Å². The van der Waals surface area contributed by atoms with E-state index in [1.165, 1.54) is 19.2 Å². The molecule has 0 aliphatic heterocycles. The SMILES string of the molecule is CC(Nc1ncnc(Nc2cc(C3CC3)[nH]n2)n1)c1ccc(Cl)cc1Cl. The molecule has 1 aliphatic rings. The van der Waals surface area contributed by atoms with Gasteiger partial charge in [-0.3, -0.25) is 5.10 Å². The van der Waals surface area contributed by atoms with Gasteiger partial charge in [0.15, 0.2) is 5.82 Å². The fourth-order valence-electron chi connectivity index (χ4n) is 2.67. The van der Waals surface area contributed by atoms with Crippen LogP contribution in [0.15, 0.2) is 30.6 Å². The van der Waals surface area contributed by atoms with Crippen LogP contribution in [0.5, 0.6) is 0 Å². The minimum atomic E-state index is -0.0955. The molecule has 2 aromatic heterocycles. The summed E-state index contributed by atoms with van der Waals surface area (Å²) in [7, 11) is 0. The van der Waals surface area contributed by atoms with Gasteiger partial charge < -0.3 is 10.6 Å². The van der Waals surface area contributed by atoms with Crippen molar-refractivity contribution in [2.45, 2.75) is 31.7 Å². The topological polar surface area (TPSA) is 91.4 Å². The third-order valence-corrected chi connectivity index (χ3v) is 4.76. The highest BCUT2D eigenvalue weighted by Gasteiger charge is 2.25. The van der Waals surface area contributed by atoms with E-state index in [0.29, 0.717) is 33.7 Å². The van der Waals surface area contributed by atoms with Crippen molar-refractivity contribution in [3.05, 3.63) is 51.9 Å². The number of anilines is 3. The molecule has 1 unspecified atom stereocenters. The van der Waals surface area contributed by atoms with E-state index >= 15 is 0 Å². The molecular formula is C17H17Cl2N7. The molecule has 1 aromatic carbocycles. The van der Waals surface area contributed by atoms with Crippen molar-refractivity contribution in [2.75, 3.05) is 10.6 Å². The van der Waals surface area contributed by atoms with Gasteiger partial charge in [0.1, 0.15) is 6.33 Å². The normalized spacial score (nSPS) is 14.9. The van der Waals surface area contributed by atoms with Gasteiger partial charge in [-0.15, -0.1) is 0 Å². The lowest BCUT2D eigenvalue weighted by molar-refractivity contribution is 0.855. The van der Waals surface area contributed by atoms with Gasteiger partial charge in [-0.1, -0.05) is 29.3 Å². The molecule has 0 bridgehead atoms. The van der Waals surface area contributed by atoms with Crippen molar-refractivity contribution in [1.29, 1.82) is 0 Å². The zero-order chi connectivity index (χ0) is 18.1. The molecule has 26 heavy (non-hydrogen) atoms. The number of nitrogens with zero attached hydrogens (tertiary/aromatic N) is 4. The van der Waals surface area contributed by atoms with E-state index in [2.05, 4.69) is 35.8 Å². The molecule has 4 rings (SSSR count). The van der Waals surface area contributed by atoms with Gasteiger partial charge in [-0.05, 0) is 37.5 Å². The summed E-state index contributed by atoms with van der Waals surface area (Å²) in [6.45, 7) is 1.97. The van der Waals surface area contributed by atoms with Crippen molar-refractivity contribution in [3.8, 4) is 0 Å². The average Bonchev–Trinajstić information content (AvgIpc) is 3.35. The minimum absolute atomic E-state index is 0.0955. The molecular weight excluding hydrogens is 373 g/mol. The third-order valence-electron chi connectivity index (χ3n) is 4.20. The second kappa shape index (κ2) is 7.09. The summed E-state index contributed by atoms with van der Waals surface area (Å²) in [5, 5.41) is 14.8. The number of halogens is 2. The summed E-state index contributed by atoms with van der Waals surface area (Å²) >= 11 is 12.2. The molecule has 0 saturated heterocycles. The van der Waals surface area contributed by atoms with Gasteiger partial charge in [0.2, 0.25) is 11.9 Å². The van der Waals surface area contributed by atoms with Crippen molar-refractivity contribution >= 4 is 40.9 Å². The lowest BCUT2D eigenvalue weighted by Crippen LogP contribution is -2.11. The first-order valence-electron chi connectivity index (χ1n) is 8.31. The van der Waals surface area contributed by atoms with E-state index in [-0.39, 0.29) is 6.04 Å². The summed E-state index contributed by atoms with van der Waals surface area (Å²) < 4.78 is 0. The van der Waals surface area contributed by atoms with Crippen LogP contribution in [0.1, 0.15) is 43.0 Å². The highest BCUT2D eigenvalue weighted by molar-refractivity contribution is 6.35. The van der Waals surface area contributed by atoms with Crippen LogP contribution in [0.3, 0.4) is 0 Å². The van der Waals surface area contributed by atoms with Crippen molar-refractivity contribution in [2.24, 2.45) is 0 Å². The molecule has 0 amide bonds. The number of aromatic nitrogens is 5. The average molecular weight is 390 g/mol. The Hall–Kier alpha value is -2.38. The van der Waals surface area contributed by atoms with E-state index in [0.717, 1.165) is 11.3 Å². The molecule has 134 valence electrons. The zero-order valence-electron chi connectivity index (χ0n) is 14.0. The summed E-state index contributed by atoms with van der Waals surface area (Å²) in [4.78, 5) is 12.7. The van der Waals surface area contributed by atoms with Gasteiger partial charge >= 0.3 is 0 Å². The number of nitrogens with one attached hydrogen (secondary N) is 3. The Balaban J connectivity index is 1.46. The molecule has 1 aliphatic carbocycles. The van der Waals surface area contributed by atoms with Crippen LogP contribution in [0.25, 0.3) is 0 Å². The van der Waals surface area contributed by atoms with Crippen molar-refractivity contribution < 1.29 is 0 Å². The zero-order valence-corrected chi connectivity index (χ0v) is 15.5. The first-order chi connectivity index (χ1) is 12.6. The van der Waals surface area contributed by atoms with Gasteiger partial charge in [-0.2, -0.15) is 10.1 Å². The highest BCUT2D eigenvalue weighted by atomic mass is 35.5. The maximum absolute atomic E-state index is 6.26. The standard InChI is InChI=1S/C17H17Cl2N7/c1-9(12-5-4-11(18)6-13(12)19)22-16-20-8-21-17(24-16)23-15-7-14(25-26-15)10-2-3-10/h4-10H,2-3H2,1H3,(H3,20,21,22,23,24,25,26). The Bertz CT molecular complexity index is 923. The number of aromatic amines is 1. The Morgan fingerprint density at radius 2 is 1.96 bits per heavy atom. The molecule has 0 radical (unpaired) electrons. The van der Waals surface area contributed by atoms with Crippen LogP contribution >= 0.6 is 23.2 Å². The molecule has 2 heterocycles. The number of hydrogen-bond acceptors (Lipinski definition) is 6. The molecule has 3 aromatic rings. The minimum Gasteiger partial charge on any atom is -0.348 e. The number of hydrogen-bond donors (Lipinski definition) is 3. The van der Waals surface area contributed by atoms with E-state index < -0.39 is 0 Å². The Morgan fingerprint density at radius 3 is 2.73 bits per heavy atom. The van der Waals surface area contributed by atoms with Crippen LogP contribution in [0.2, 0.25) is 10.0 Å². The quantitative estimate of drug-likeness (QED) is 0.565. The molecule has 1 atom stereocenters. The van der Waals surface area contributed by atoms with E-state index in [9.17, 15) is 0 Å². The second-order valence-electron chi connectivity index (χ2n) is 6.27. The summed E-state index contributed by atoms with van der Waals surface area (Å²) in [5.74, 6) is 2.17. The molecule has 9 heteroatoms. The molecule has 3 N–H and O–H groups in total. The van der Waals surface area contributed by atoms with Crippen LogP contribution in [-0.2, 0) is 0 Å². The van der Waals surface area contributed by atoms with Crippen LogP contribution in [-0.4, -0.2) is 25.1 Å². The molecule has 0 spiro atoms. The predicted octanol–water partition coefficient (Wildman–Crippen LogP) is 4.70. The van der Waals surface area contributed by atoms with E-state index in [1.54, 1.807) is 12.1 Å². The first kappa shape index (κ1) is 17.1. The Morgan fingerprint density at radius 1 is 1.15 bits per heavy atom.